The first-order valence-corrected chi connectivity index (χ1v) is 6.06. The van der Waals surface area contributed by atoms with Crippen molar-refractivity contribution in [3.63, 3.8) is 0 Å². The summed E-state index contributed by atoms with van der Waals surface area (Å²) in [5, 5.41) is 3.19. The number of carbonyl (C=O) groups excluding carboxylic acids is 1. The Morgan fingerprint density at radius 1 is 1.42 bits per heavy atom. The number of allylic oxidation sites excluding steroid dienone is 1. The van der Waals surface area contributed by atoms with Crippen LogP contribution in [0.1, 0.15) is 17.3 Å². The maximum absolute atomic E-state index is 11.6. The van der Waals surface area contributed by atoms with Crippen LogP contribution in [0.2, 0.25) is 0 Å². The first-order chi connectivity index (χ1) is 8.20. The number of nitrogens with zero attached hydrogens (tertiary/aromatic N) is 2. The number of carbonyl (C=O) groups is 1. The van der Waals surface area contributed by atoms with Crippen molar-refractivity contribution in [1.29, 1.82) is 0 Å². The molecule has 7 nitrogen and oxygen atoms in total. The number of nitrogens with two attached hydrogens (primary N) is 1. The molecule has 1 aromatic carbocycles. The smallest absolute Gasteiger partial charge is 0.728 e. The molecule has 0 saturated heterocycles. The largest absolute Gasteiger partial charge is 1.00 e. The molecule has 0 aliphatic heterocycles. The molecule has 0 bridgehead atoms. The molecule has 9 heteroatoms. The van der Waals surface area contributed by atoms with Gasteiger partial charge in [-0.1, -0.05) is 11.1 Å². The molecule has 2 N–H and O–H groups in total. The molecule has 0 saturated carbocycles. The van der Waals surface area contributed by atoms with Crippen LogP contribution in [-0.4, -0.2) is 18.8 Å². The standard InChI is InChI=1S/C10H11N3O4S.Na/c1-6(2)10(14)7-3-4-9(8(11)5-7)12-13-18(15,16)17;/h3-5H,1,11H2,2H3,(H,15,16,17);/q;+1/p-1. The first kappa shape index (κ1) is 17.9. The Morgan fingerprint density at radius 2 is 2.00 bits per heavy atom. The molecule has 0 radical (unpaired) electrons. The second-order valence-electron chi connectivity index (χ2n) is 3.49. The van der Waals surface area contributed by atoms with Crippen LogP contribution in [0.3, 0.4) is 0 Å². The average molecular weight is 291 g/mol. The molecule has 0 amide bonds. The summed E-state index contributed by atoms with van der Waals surface area (Å²) in [6.07, 6.45) is 0. The predicted molar refractivity (Wildman–Crippen MR) is 64.2 cm³/mol. The molecule has 0 heterocycles. The second-order valence-corrected chi connectivity index (χ2v) is 4.51. The summed E-state index contributed by atoms with van der Waals surface area (Å²) < 4.78 is 33.3. The van der Waals surface area contributed by atoms with Gasteiger partial charge in [-0.2, -0.15) is 0 Å². The van der Waals surface area contributed by atoms with Crippen molar-refractivity contribution in [2.75, 3.05) is 5.73 Å². The van der Waals surface area contributed by atoms with Gasteiger partial charge in [0.15, 0.2) is 5.78 Å². The SMILES string of the molecule is C=C(C)C(=O)c1ccc(N=NS(=O)(=O)[O-])c(N)c1.[Na+]. The van der Waals surface area contributed by atoms with Gasteiger partial charge in [0.05, 0.1) is 5.69 Å². The third kappa shape index (κ3) is 5.62. The fourth-order valence-electron chi connectivity index (χ4n) is 1.13. The van der Waals surface area contributed by atoms with Crippen LogP contribution < -0.4 is 35.3 Å². The Hall–Kier alpha value is -1.06. The van der Waals surface area contributed by atoms with Crippen LogP contribution in [0.25, 0.3) is 0 Å². The van der Waals surface area contributed by atoms with Gasteiger partial charge >= 0.3 is 29.6 Å². The quantitative estimate of drug-likeness (QED) is 0.182. The van der Waals surface area contributed by atoms with Crippen molar-refractivity contribution in [2.24, 2.45) is 9.63 Å². The number of hydrogen-bond acceptors (Lipinski definition) is 6. The number of ketones is 1. The minimum Gasteiger partial charge on any atom is -0.728 e. The monoisotopic (exact) mass is 291 g/mol. The molecule has 1 aromatic rings. The zero-order valence-corrected chi connectivity index (χ0v) is 13.3. The number of rotatable bonds is 4. The van der Waals surface area contributed by atoms with Crippen molar-refractivity contribution >= 4 is 27.5 Å². The number of hydrogen-bond donors (Lipinski definition) is 1. The Bertz CT molecular complexity index is 640. The zero-order valence-electron chi connectivity index (χ0n) is 10.5. The van der Waals surface area contributed by atoms with Gasteiger partial charge in [-0.3, -0.25) is 4.79 Å². The van der Waals surface area contributed by atoms with Crippen LogP contribution in [0, 0.1) is 0 Å². The van der Waals surface area contributed by atoms with Crippen molar-refractivity contribution in [3.05, 3.63) is 35.9 Å². The van der Waals surface area contributed by atoms with Crippen molar-refractivity contribution in [1.82, 2.24) is 0 Å². The molecule has 0 spiro atoms. The zero-order chi connectivity index (χ0) is 13.9. The normalized spacial score (nSPS) is 11.1. The molecule has 96 valence electrons. The molecule has 0 aliphatic rings. The summed E-state index contributed by atoms with van der Waals surface area (Å²) in [4.78, 5) is 11.6. The molecular formula is C10H10N3NaO4S. The third-order valence-corrected chi connectivity index (χ3v) is 2.21. The summed E-state index contributed by atoms with van der Waals surface area (Å²) in [7, 11) is -4.81. The predicted octanol–water partition coefficient (Wildman–Crippen LogP) is -1.42. The average Bonchev–Trinajstić information content (AvgIpc) is 2.25. The summed E-state index contributed by atoms with van der Waals surface area (Å²) in [6, 6.07) is 3.99. The van der Waals surface area contributed by atoms with Gasteiger partial charge in [-0.05, 0) is 30.7 Å². The van der Waals surface area contributed by atoms with Gasteiger partial charge < -0.3 is 10.3 Å². The van der Waals surface area contributed by atoms with Gasteiger partial charge in [0, 0.05) is 5.56 Å². The fraction of sp³-hybridized carbons (Fsp3) is 0.100. The van der Waals surface area contributed by atoms with Gasteiger partial charge in [0.2, 0.25) is 10.3 Å². The van der Waals surface area contributed by atoms with E-state index in [2.05, 4.69) is 16.2 Å². The molecule has 0 aliphatic carbocycles. The van der Waals surface area contributed by atoms with Crippen LogP contribution in [0.15, 0.2) is 40.0 Å². The van der Waals surface area contributed by atoms with E-state index in [0.717, 1.165) is 0 Å². The minimum atomic E-state index is -4.81. The molecule has 0 aromatic heterocycles. The van der Waals surface area contributed by atoms with Crippen LogP contribution >= 0.6 is 0 Å². The van der Waals surface area contributed by atoms with E-state index in [9.17, 15) is 17.8 Å². The molecular weight excluding hydrogens is 281 g/mol. The van der Waals surface area contributed by atoms with E-state index in [4.69, 9.17) is 5.73 Å². The van der Waals surface area contributed by atoms with Crippen LogP contribution in [0.4, 0.5) is 11.4 Å². The number of Topliss-reactive ketones (excluding diaryl/α,β-unsaturated/α-hetero) is 1. The van der Waals surface area contributed by atoms with Crippen molar-refractivity contribution in [2.45, 2.75) is 6.92 Å². The summed E-state index contributed by atoms with van der Waals surface area (Å²) in [5.41, 5.74) is 6.22. The van der Waals surface area contributed by atoms with E-state index in [1.165, 1.54) is 18.2 Å². The van der Waals surface area contributed by atoms with Gasteiger partial charge in [0.25, 0.3) is 0 Å². The van der Waals surface area contributed by atoms with E-state index in [0.29, 0.717) is 11.1 Å². The first-order valence-electron chi connectivity index (χ1n) is 4.69. The molecule has 0 atom stereocenters. The maximum atomic E-state index is 11.6. The Labute approximate surface area is 132 Å². The van der Waals surface area contributed by atoms with Gasteiger partial charge in [-0.15, -0.1) is 5.11 Å². The second kappa shape index (κ2) is 6.92. The number of anilines is 1. The Kier molecular flexibility index (Phi) is 6.53. The van der Waals surface area contributed by atoms with E-state index in [1.54, 1.807) is 6.92 Å². The van der Waals surface area contributed by atoms with E-state index in [1.807, 2.05) is 0 Å². The molecule has 1 rings (SSSR count). The molecule has 19 heavy (non-hydrogen) atoms. The Balaban J connectivity index is 0.00000324. The summed E-state index contributed by atoms with van der Waals surface area (Å²) in [6.45, 7) is 5.05. The number of benzene rings is 1. The van der Waals surface area contributed by atoms with Crippen LogP contribution in [-0.2, 0) is 10.3 Å². The summed E-state index contributed by atoms with van der Waals surface area (Å²) >= 11 is 0. The topological polar surface area (TPSA) is 125 Å². The maximum Gasteiger partial charge on any atom is 1.00 e. The van der Waals surface area contributed by atoms with E-state index in [-0.39, 0.29) is 46.7 Å². The van der Waals surface area contributed by atoms with E-state index >= 15 is 0 Å². The fourth-order valence-corrected chi connectivity index (χ4v) is 1.32. The third-order valence-electron chi connectivity index (χ3n) is 1.93. The minimum absolute atomic E-state index is 0. The molecule has 0 fully saturated rings. The van der Waals surface area contributed by atoms with Crippen molar-refractivity contribution in [3.8, 4) is 0 Å². The summed E-state index contributed by atoms with van der Waals surface area (Å²) in [5.74, 6) is -0.290. The van der Waals surface area contributed by atoms with Crippen molar-refractivity contribution < 1.29 is 47.3 Å². The van der Waals surface area contributed by atoms with E-state index < -0.39 is 10.3 Å². The van der Waals surface area contributed by atoms with Gasteiger partial charge in [-0.25, -0.2) is 8.42 Å². The Morgan fingerprint density at radius 3 is 2.42 bits per heavy atom. The molecule has 0 unspecified atom stereocenters. The van der Waals surface area contributed by atoms with Gasteiger partial charge in [0.1, 0.15) is 5.69 Å². The number of nitrogen functional groups attached to an aromatic ring is 1. The van der Waals surface area contributed by atoms with Crippen LogP contribution in [0.5, 0.6) is 0 Å².